The van der Waals surface area contributed by atoms with Gasteiger partial charge in [-0.15, -0.1) is 0 Å². The third-order valence-electron chi connectivity index (χ3n) is 4.64. The van der Waals surface area contributed by atoms with Crippen molar-refractivity contribution >= 4 is 5.91 Å². The smallest absolute Gasteiger partial charge is 0.346 e. The summed E-state index contributed by atoms with van der Waals surface area (Å²) in [7, 11) is 0. The van der Waals surface area contributed by atoms with Crippen molar-refractivity contribution in [3.8, 4) is 0 Å². The lowest BCUT2D eigenvalue weighted by Crippen LogP contribution is -2.44. The Morgan fingerprint density at radius 2 is 2.04 bits per heavy atom. The number of carbonyl (C=O) groups excluding carboxylic acids is 1. The Kier molecular flexibility index (Phi) is 4.39. The van der Waals surface area contributed by atoms with E-state index >= 15 is 0 Å². The number of rotatable bonds is 4. The summed E-state index contributed by atoms with van der Waals surface area (Å²) in [5.74, 6) is 0.632. The molecule has 1 aromatic carbocycles. The zero-order valence-corrected chi connectivity index (χ0v) is 15.3. The van der Waals surface area contributed by atoms with Crippen LogP contribution in [0, 0.1) is 5.92 Å². The Balaban J connectivity index is 1.82. The van der Waals surface area contributed by atoms with Gasteiger partial charge in [0, 0.05) is 19.6 Å². The molecule has 1 amide bonds. The molecular formula is C19H21N5O3. The summed E-state index contributed by atoms with van der Waals surface area (Å²) in [5, 5.41) is 4.59. The van der Waals surface area contributed by atoms with Crippen LogP contribution in [0.1, 0.15) is 41.8 Å². The van der Waals surface area contributed by atoms with Crippen LogP contribution in [-0.2, 0) is 13.1 Å². The fourth-order valence-corrected chi connectivity index (χ4v) is 3.46. The maximum absolute atomic E-state index is 13.0. The van der Waals surface area contributed by atoms with Gasteiger partial charge in [-0.2, -0.15) is 5.10 Å². The number of fused-ring (bicyclic) bond motifs is 1. The van der Waals surface area contributed by atoms with E-state index in [9.17, 15) is 9.59 Å². The van der Waals surface area contributed by atoms with E-state index in [-0.39, 0.29) is 17.3 Å². The van der Waals surface area contributed by atoms with Gasteiger partial charge in [0.1, 0.15) is 12.3 Å². The van der Waals surface area contributed by atoms with E-state index in [1.165, 1.54) is 17.3 Å². The highest BCUT2D eigenvalue weighted by molar-refractivity contribution is 5.92. The van der Waals surface area contributed by atoms with E-state index in [1.54, 1.807) is 9.47 Å². The van der Waals surface area contributed by atoms with Gasteiger partial charge in [0.05, 0.1) is 0 Å². The predicted molar refractivity (Wildman–Crippen MR) is 97.1 cm³/mol. The quantitative estimate of drug-likeness (QED) is 0.703. The number of oxazole rings is 1. The molecular weight excluding hydrogens is 346 g/mol. The largest absolute Gasteiger partial charge is 0.451 e. The molecule has 3 heterocycles. The standard InChI is InChI=1S/C19H21N5O3/c1-13(2)10-24-19(26)23-9-8-22(18(25)15-11-27-12-20-15)16(17(23)21-24)14-6-4-3-5-7-14/h3-7,11-13,16H,8-10H2,1-2H3. The van der Waals surface area contributed by atoms with Crippen molar-refractivity contribution in [3.63, 3.8) is 0 Å². The van der Waals surface area contributed by atoms with Crippen LogP contribution in [0.25, 0.3) is 0 Å². The zero-order valence-electron chi connectivity index (χ0n) is 15.3. The molecule has 27 heavy (non-hydrogen) atoms. The molecule has 0 spiro atoms. The van der Waals surface area contributed by atoms with E-state index in [2.05, 4.69) is 10.1 Å². The first-order valence-corrected chi connectivity index (χ1v) is 8.98. The van der Waals surface area contributed by atoms with Crippen molar-refractivity contribution in [1.29, 1.82) is 0 Å². The van der Waals surface area contributed by atoms with Gasteiger partial charge < -0.3 is 9.32 Å². The zero-order chi connectivity index (χ0) is 19.0. The van der Waals surface area contributed by atoms with Crippen LogP contribution in [0.3, 0.4) is 0 Å². The monoisotopic (exact) mass is 367 g/mol. The number of benzene rings is 1. The minimum absolute atomic E-state index is 0.131. The van der Waals surface area contributed by atoms with Crippen molar-refractivity contribution in [2.24, 2.45) is 5.92 Å². The second-order valence-corrected chi connectivity index (χ2v) is 7.05. The van der Waals surface area contributed by atoms with E-state index in [1.807, 2.05) is 44.2 Å². The average molecular weight is 367 g/mol. The predicted octanol–water partition coefficient (Wildman–Crippen LogP) is 1.93. The van der Waals surface area contributed by atoms with Crippen molar-refractivity contribution in [2.75, 3.05) is 6.54 Å². The highest BCUT2D eigenvalue weighted by Crippen LogP contribution is 2.31. The summed E-state index contributed by atoms with van der Waals surface area (Å²) in [6.07, 6.45) is 2.57. The molecule has 0 aliphatic carbocycles. The Labute approximate surface area is 156 Å². The fraction of sp³-hybridized carbons (Fsp3) is 0.368. The molecule has 8 nitrogen and oxygen atoms in total. The van der Waals surface area contributed by atoms with E-state index < -0.39 is 6.04 Å². The number of hydrogen-bond acceptors (Lipinski definition) is 5. The summed E-state index contributed by atoms with van der Waals surface area (Å²) in [5.41, 5.74) is 1.01. The Bertz CT molecular complexity index is 988. The van der Waals surface area contributed by atoms with E-state index in [0.29, 0.717) is 31.4 Å². The highest BCUT2D eigenvalue weighted by atomic mass is 16.3. The first-order chi connectivity index (χ1) is 13.1. The molecule has 1 atom stereocenters. The van der Waals surface area contributed by atoms with Gasteiger partial charge in [-0.1, -0.05) is 44.2 Å². The molecule has 1 unspecified atom stereocenters. The number of carbonyl (C=O) groups is 1. The van der Waals surface area contributed by atoms with Gasteiger partial charge in [-0.25, -0.2) is 14.5 Å². The SMILES string of the molecule is CC(C)Cn1nc2n(c1=O)CCN(C(=O)c1cocn1)C2c1ccccc1. The molecule has 140 valence electrons. The molecule has 0 saturated heterocycles. The third-order valence-corrected chi connectivity index (χ3v) is 4.64. The third kappa shape index (κ3) is 3.07. The molecule has 1 aliphatic rings. The summed E-state index contributed by atoms with van der Waals surface area (Å²) >= 11 is 0. The first kappa shape index (κ1) is 17.3. The molecule has 1 aliphatic heterocycles. The fourth-order valence-electron chi connectivity index (χ4n) is 3.46. The first-order valence-electron chi connectivity index (χ1n) is 8.98. The lowest BCUT2D eigenvalue weighted by Gasteiger charge is -2.34. The van der Waals surface area contributed by atoms with Crippen LogP contribution >= 0.6 is 0 Å². The minimum Gasteiger partial charge on any atom is -0.451 e. The molecule has 8 heteroatoms. The normalized spacial score (nSPS) is 16.6. The van der Waals surface area contributed by atoms with Gasteiger partial charge in [0.25, 0.3) is 5.91 Å². The van der Waals surface area contributed by atoms with Gasteiger partial charge in [-0.05, 0) is 11.5 Å². The van der Waals surface area contributed by atoms with Crippen molar-refractivity contribution < 1.29 is 9.21 Å². The van der Waals surface area contributed by atoms with Crippen LogP contribution in [0.4, 0.5) is 0 Å². The van der Waals surface area contributed by atoms with Crippen molar-refractivity contribution in [2.45, 2.75) is 33.0 Å². The molecule has 4 rings (SSSR count). The van der Waals surface area contributed by atoms with Crippen molar-refractivity contribution in [1.82, 2.24) is 24.2 Å². The molecule has 0 N–H and O–H groups in total. The Hall–Kier alpha value is -3.16. The highest BCUT2D eigenvalue weighted by Gasteiger charge is 2.37. The topological polar surface area (TPSA) is 86.2 Å². The van der Waals surface area contributed by atoms with Crippen LogP contribution in [0.5, 0.6) is 0 Å². The van der Waals surface area contributed by atoms with Crippen LogP contribution < -0.4 is 5.69 Å². The molecule has 0 bridgehead atoms. The minimum atomic E-state index is -0.453. The molecule has 2 aromatic heterocycles. The number of amides is 1. The van der Waals surface area contributed by atoms with Gasteiger partial charge in [0.15, 0.2) is 17.9 Å². The number of nitrogens with zero attached hydrogens (tertiary/aromatic N) is 5. The van der Waals surface area contributed by atoms with Crippen LogP contribution in [0.2, 0.25) is 0 Å². The number of aromatic nitrogens is 4. The van der Waals surface area contributed by atoms with Gasteiger partial charge in [-0.3, -0.25) is 9.36 Å². The lowest BCUT2D eigenvalue weighted by atomic mass is 10.0. The lowest BCUT2D eigenvalue weighted by molar-refractivity contribution is 0.0651. The van der Waals surface area contributed by atoms with E-state index in [4.69, 9.17) is 4.42 Å². The summed E-state index contributed by atoms with van der Waals surface area (Å²) in [6, 6.07) is 9.17. The maximum Gasteiger partial charge on any atom is 0.346 e. The maximum atomic E-state index is 13.0. The van der Waals surface area contributed by atoms with Gasteiger partial charge in [0.2, 0.25) is 0 Å². The second kappa shape index (κ2) is 6.86. The Morgan fingerprint density at radius 1 is 1.26 bits per heavy atom. The average Bonchev–Trinajstić information content (AvgIpc) is 3.30. The summed E-state index contributed by atoms with van der Waals surface area (Å²) in [6.45, 7) is 5.42. The molecule has 3 aromatic rings. The Morgan fingerprint density at radius 3 is 2.70 bits per heavy atom. The molecule has 0 saturated carbocycles. The van der Waals surface area contributed by atoms with Gasteiger partial charge >= 0.3 is 5.69 Å². The number of hydrogen-bond donors (Lipinski definition) is 0. The van der Waals surface area contributed by atoms with Crippen LogP contribution in [0.15, 0.2) is 52.2 Å². The second-order valence-electron chi connectivity index (χ2n) is 7.05. The van der Waals surface area contributed by atoms with E-state index in [0.717, 1.165) is 5.56 Å². The van der Waals surface area contributed by atoms with Crippen molar-refractivity contribution in [3.05, 3.63) is 70.6 Å². The molecule has 0 fully saturated rings. The molecule has 0 radical (unpaired) electrons. The summed E-state index contributed by atoms with van der Waals surface area (Å²) < 4.78 is 8.14. The summed E-state index contributed by atoms with van der Waals surface area (Å²) in [4.78, 5) is 31.5. The van der Waals surface area contributed by atoms with Crippen LogP contribution in [-0.4, -0.2) is 36.7 Å².